The zero-order valence-corrected chi connectivity index (χ0v) is 16.5. The van der Waals surface area contributed by atoms with Crippen LogP contribution in [-0.2, 0) is 10.2 Å². The van der Waals surface area contributed by atoms with E-state index in [2.05, 4.69) is 36.4 Å². The van der Waals surface area contributed by atoms with Gasteiger partial charge in [-0.3, -0.25) is 0 Å². The lowest BCUT2D eigenvalue weighted by Crippen LogP contribution is -2.40. The van der Waals surface area contributed by atoms with E-state index in [1.54, 1.807) is 0 Å². The summed E-state index contributed by atoms with van der Waals surface area (Å²) in [6, 6.07) is 40.1. The van der Waals surface area contributed by atoms with Gasteiger partial charge in [-0.05, 0) is 22.3 Å². The fourth-order valence-corrected chi connectivity index (χ4v) is 4.21. The third-order valence-corrected chi connectivity index (χ3v) is 5.42. The van der Waals surface area contributed by atoms with Crippen LogP contribution < -0.4 is 5.73 Å². The molecule has 3 heteroatoms. The van der Waals surface area contributed by atoms with Gasteiger partial charge >= 0.3 is 6.09 Å². The topological polar surface area (TPSA) is 52.3 Å². The minimum Gasteiger partial charge on any atom is -0.440 e. The van der Waals surface area contributed by atoms with Crippen molar-refractivity contribution in [2.75, 3.05) is 0 Å². The quantitative estimate of drug-likeness (QED) is 0.417. The lowest BCUT2D eigenvalue weighted by molar-refractivity contribution is 0.0759. The first-order chi connectivity index (χ1) is 14.7. The maximum Gasteiger partial charge on any atom is 0.405 e. The molecule has 0 aliphatic rings. The molecular weight excluding hydrogens is 370 g/mol. The normalized spacial score (nSPS) is 12.1. The number of hydrogen-bond donors (Lipinski definition) is 1. The van der Waals surface area contributed by atoms with Crippen molar-refractivity contribution in [3.63, 3.8) is 0 Å². The molecule has 3 nitrogen and oxygen atoms in total. The van der Waals surface area contributed by atoms with E-state index in [4.69, 9.17) is 10.5 Å². The number of nitrogens with two attached hydrogens (primary N) is 1. The van der Waals surface area contributed by atoms with Crippen molar-refractivity contribution in [1.29, 1.82) is 0 Å². The van der Waals surface area contributed by atoms with Crippen molar-refractivity contribution < 1.29 is 9.53 Å². The molecule has 4 aromatic rings. The standard InChI is InChI=1S/C27H23NO2/c28-26(29)30-25(21-13-5-1-6-14-21)27(22-15-7-2-8-16-22,23-17-9-3-10-18-23)24-19-11-4-12-20-24/h1-20,25H,(H2,28,29). The Morgan fingerprint density at radius 1 is 0.600 bits per heavy atom. The predicted molar refractivity (Wildman–Crippen MR) is 119 cm³/mol. The molecule has 30 heavy (non-hydrogen) atoms. The Morgan fingerprint density at radius 3 is 1.27 bits per heavy atom. The van der Waals surface area contributed by atoms with E-state index < -0.39 is 17.6 Å². The second-order valence-corrected chi connectivity index (χ2v) is 7.13. The number of carbonyl (C=O) groups is 1. The van der Waals surface area contributed by atoms with Gasteiger partial charge in [-0.2, -0.15) is 0 Å². The smallest absolute Gasteiger partial charge is 0.405 e. The lowest BCUT2D eigenvalue weighted by Gasteiger charge is -2.42. The molecule has 0 aromatic heterocycles. The van der Waals surface area contributed by atoms with Crippen molar-refractivity contribution in [1.82, 2.24) is 0 Å². The molecule has 0 saturated heterocycles. The van der Waals surface area contributed by atoms with Gasteiger partial charge in [0.05, 0.1) is 5.41 Å². The van der Waals surface area contributed by atoms with Gasteiger partial charge in [0.25, 0.3) is 0 Å². The molecule has 0 aliphatic heterocycles. The third kappa shape index (κ3) is 3.58. The van der Waals surface area contributed by atoms with Crippen molar-refractivity contribution in [2.45, 2.75) is 11.5 Å². The Bertz CT molecular complexity index is 984. The van der Waals surface area contributed by atoms with E-state index in [1.807, 2.05) is 84.9 Å². The summed E-state index contributed by atoms with van der Waals surface area (Å²) in [6.07, 6.45) is -1.47. The van der Waals surface area contributed by atoms with Gasteiger partial charge in [-0.1, -0.05) is 121 Å². The van der Waals surface area contributed by atoms with Gasteiger partial charge in [-0.25, -0.2) is 4.79 Å². The SMILES string of the molecule is NC(=O)OC(c1ccccc1)C(c1ccccc1)(c1ccccc1)c1ccccc1. The minimum atomic E-state index is -0.809. The summed E-state index contributed by atoms with van der Waals surface area (Å²) in [7, 11) is 0. The molecule has 0 bridgehead atoms. The van der Waals surface area contributed by atoms with Crippen LogP contribution in [0.25, 0.3) is 0 Å². The van der Waals surface area contributed by atoms with Gasteiger partial charge < -0.3 is 10.5 Å². The zero-order chi connectivity index (χ0) is 20.8. The van der Waals surface area contributed by atoms with Gasteiger partial charge in [0.15, 0.2) is 0 Å². The van der Waals surface area contributed by atoms with E-state index in [0.29, 0.717) is 0 Å². The Hall–Kier alpha value is -3.85. The molecule has 0 spiro atoms. The monoisotopic (exact) mass is 393 g/mol. The van der Waals surface area contributed by atoms with E-state index >= 15 is 0 Å². The first kappa shape index (κ1) is 19.5. The lowest BCUT2D eigenvalue weighted by atomic mass is 9.64. The van der Waals surface area contributed by atoms with Gasteiger partial charge in [0.2, 0.25) is 0 Å². The van der Waals surface area contributed by atoms with Gasteiger partial charge in [-0.15, -0.1) is 0 Å². The Balaban J connectivity index is 2.12. The van der Waals surface area contributed by atoms with Crippen LogP contribution in [0.2, 0.25) is 0 Å². The molecular formula is C27H23NO2. The summed E-state index contributed by atoms with van der Waals surface area (Å²) in [5.74, 6) is 0. The Labute approximate surface area is 176 Å². The van der Waals surface area contributed by atoms with Crippen LogP contribution >= 0.6 is 0 Å². The molecule has 148 valence electrons. The fraction of sp³-hybridized carbons (Fsp3) is 0.0741. The van der Waals surface area contributed by atoms with E-state index in [1.165, 1.54) is 0 Å². The summed E-state index contributed by atoms with van der Waals surface area (Å²) in [4.78, 5) is 12.1. The summed E-state index contributed by atoms with van der Waals surface area (Å²) in [5.41, 5.74) is 8.71. The first-order valence-electron chi connectivity index (χ1n) is 9.90. The molecule has 0 fully saturated rings. The highest BCUT2D eigenvalue weighted by molar-refractivity contribution is 5.66. The largest absolute Gasteiger partial charge is 0.440 e. The molecule has 0 radical (unpaired) electrons. The van der Waals surface area contributed by atoms with Crippen LogP contribution in [0.4, 0.5) is 4.79 Å². The minimum absolute atomic E-state index is 0.664. The maximum atomic E-state index is 12.1. The fourth-order valence-electron chi connectivity index (χ4n) is 4.21. The number of primary amides is 1. The second-order valence-electron chi connectivity index (χ2n) is 7.13. The molecule has 0 saturated carbocycles. The molecule has 4 aromatic carbocycles. The van der Waals surface area contributed by atoms with Crippen molar-refractivity contribution in [3.05, 3.63) is 144 Å². The zero-order valence-electron chi connectivity index (χ0n) is 16.5. The summed E-state index contributed by atoms with van der Waals surface area (Å²) in [6.45, 7) is 0. The van der Waals surface area contributed by atoms with Crippen molar-refractivity contribution in [2.24, 2.45) is 5.73 Å². The Morgan fingerprint density at radius 2 is 0.933 bits per heavy atom. The average Bonchev–Trinajstić information content (AvgIpc) is 2.81. The molecule has 1 unspecified atom stereocenters. The van der Waals surface area contributed by atoms with Crippen LogP contribution in [0.15, 0.2) is 121 Å². The van der Waals surface area contributed by atoms with Crippen molar-refractivity contribution >= 4 is 6.09 Å². The number of hydrogen-bond acceptors (Lipinski definition) is 2. The third-order valence-electron chi connectivity index (χ3n) is 5.42. The number of benzene rings is 4. The average molecular weight is 393 g/mol. The van der Waals surface area contributed by atoms with Crippen LogP contribution in [0.3, 0.4) is 0 Å². The molecule has 1 amide bonds. The molecule has 0 heterocycles. The van der Waals surface area contributed by atoms with E-state index in [0.717, 1.165) is 22.3 Å². The number of carbonyl (C=O) groups excluding carboxylic acids is 1. The highest BCUT2D eigenvalue weighted by Gasteiger charge is 2.46. The molecule has 4 rings (SSSR count). The summed E-state index contributed by atoms with van der Waals surface area (Å²) < 4.78 is 5.90. The van der Waals surface area contributed by atoms with Crippen LogP contribution in [-0.4, -0.2) is 6.09 Å². The summed E-state index contributed by atoms with van der Waals surface area (Å²) >= 11 is 0. The Kier molecular flexibility index (Phi) is 5.62. The highest BCUT2D eigenvalue weighted by Crippen LogP contribution is 2.50. The van der Waals surface area contributed by atoms with E-state index in [9.17, 15) is 4.79 Å². The van der Waals surface area contributed by atoms with Crippen LogP contribution in [0.1, 0.15) is 28.4 Å². The number of amides is 1. The predicted octanol–water partition coefficient (Wildman–Crippen LogP) is 5.86. The summed E-state index contributed by atoms with van der Waals surface area (Å²) in [5, 5.41) is 0. The second kappa shape index (κ2) is 8.66. The van der Waals surface area contributed by atoms with Crippen LogP contribution in [0.5, 0.6) is 0 Å². The number of ether oxygens (including phenoxy) is 1. The highest BCUT2D eigenvalue weighted by atomic mass is 16.6. The van der Waals surface area contributed by atoms with Crippen molar-refractivity contribution in [3.8, 4) is 0 Å². The van der Waals surface area contributed by atoms with Crippen LogP contribution in [0, 0.1) is 0 Å². The van der Waals surface area contributed by atoms with Gasteiger partial charge in [0.1, 0.15) is 6.10 Å². The van der Waals surface area contributed by atoms with E-state index in [-0.39, 0.29) is 0 Å². The van der Waals surface area contributed by atoms with Gasteiger partial charge in [0, 0.05) is 0 Å². The maximum absolute atomic E-state index is 12.1. The molecule has 2 N–H and O–H groups in total. The molecule has 0 aliphatic carbocycles. The molecule has 1 atom stereocenters. The number of rotatable bonds is 6. The first-order valence-corrected chi connectivity index (χ1v) is 9.90.